The first-order valence-corrected chi connectivity index (χ1v) is 5.93. The summed E-state index contributed by atoms with van der Waals surface area (Å²) in [6.07, 6.45) is 2.83. The zero-order valence-corrected chi connectivity index (χ0v) is 10.2. The number of phenols is 1. The van der Waals surface area contributed by atoms with Gasteiger partial charge in [0, 0.05) is 13.2 Å². The quantitative estimate of drug-likeness (QED) is 0.751. The molecular formula is C13H19NO4. The van der Waals surface area contributed by atoms with E-state index in [1.807, 2.05) is 0 Å². The van der Waals surface area contributed by atoms with Gasteiger partial charge < -0.3 is 20.7 Å². The zero-order valence-electron chi connectivity index (χ0n) is 10.2. The number of ether oxygens (including phenoxy) is 1. The van der Waals surface area contributed by atoms with Gasteiger partial charge in [0.05, 0.1) is 0 Å². The Kier molecular flexibility index (Phi) is 6.18. The first-order valence-electron chi connectivity index (χ1n) is 5.93. The second-order valence-corrected chi connectivity index (χ2v) is 4.13. The average Bonchev–Trinajstić information content (AvgIpc) is 2.90. The molecule has 0 aliphatic carbocycles. The van der Waals surface area contributed by atoms with Crippen molar-refractivity contribution in [3.8, 4) is 5.75 Å². The van der Waals surface area contributed by atoms with Crippen LogP contribution in [0.2, 0.25) is 0 Å². The van der Waals surface area contributed by atoms with E-state index in [-0.39, 0.29) is 12.2 Å². The highest BCUT2D eigenvalue weighted by Gasteiger charge is 2.11. The molecule has 0 saturated carbocycles. The largest absolute Gasteiger partial charge is 0.508 e. The van der Waals surface area contributed by atoms with Crippen molar-refractivity contribution in [2.24, 2.45) is 5.73 Å². The van der Waals surface area contributed by atoms with E-state index in [1.165, 1.54) is 25.0 Å². The van der Waals surface area contributed by atoms with Crippen LogP contribution in [0.25, 0.3) is 0 Å². The molecule has 0 aromatic heterocycles. The maximum absolute atomic E-state index is 10.4. The van der Waals surface area contributed by atoms with Crippen LogP contribution in [0.5, 0.6) is 5.75 Å². The molecule has 1 atom stereocenters. The van der Waals surface area contributed by atoms with E-state index in [0.717, 1.165) is 18.8 Å². The monoisotopic (exact) mass is 253 g/mol. The van der Waals surface area contributed by atoms with Crippen LogP contribution in [0.1, 0.15) is 18.4 Å². The van der Waals surface area contributed by atoms with Gasteiger partial charge in [-0.25, -0.2) is 0 Å². The van der Waals surface area contributed by atoms with Crippen molar-refractivity contribution in [2.75, 3.05) is 13.2 Å². The topological polar surface area (TPSA) is 92.8 Å². The maximum Gasteiger partial charge on any atom is 0.320 e. The van der Waals surface area contributed by atoms with E-state index in [4.69, 9.17) is 20.7 Å². The van der Waals surface area contributed by atoms with Gasteiger partial charge in [-0.05, 0) is 37.0 Å². The standard InChI is InChI=1S/C9H11NO3.C4H8O/c10-8(9(12)13)5-6-1-3-7(11)4-2-6;1-2-4-5-3-1/h1-4,8,11H,5,10H2,(H,12,13);1-4H2/t8-;/m0./s1. The van der Waals surface area contributed by atoms with Gasteiger partial charge in [0.25, 0.3) is 0 Å². The maximum atomic E-state index is 10.4. The summed E-state index contributed by atoms with van der Waals surface area (Å²) in [5.74, 6) is -0.860. The predicted molar refractivity (Wildman–Crippen MR) is 67.5 cm³/mol. The molecule has 0 amide bonds. The molecule has 100 valence electrons. The van der Waals surface area contributed by atoms with Crippen LogP contribution in [0.4, 0.5) is 0 Å². The number of benzene rings is 1. The van der Waals surface area contributed by atoms with Crippen molar-refractivity contribution in [3.63, 3.8) is 0 Å². The molecule has 1 aliphatic heterocycles. The van der Waals surface area contributed by atoms with Gasteiger partial charge in [-0.1, -0.05) is 12.1 Å². The van der Waals surface area contributed by atoms with E-state index in [0.29, 0.717) is 0 Å². The molecule has 18 heavy (non-hydrogen) atoms. The van der Waals surface area contributed by atoms with Gasteiger partial charge >= 0.3 is 5.97 Å². The van der Waals surface area contributed by atoms with Crippen molar-refractivity contribution in [3.05, 3.63) is 29.8 Å². The lowest BCUT2D eigenvalue weighted by molar-refractivity contribution is -0.138. The fraction of sp³-hybridized carbons (Fsp3) is 0.462. The van der Waals surface area contributed by atoms with Crippen LogP contribution in [-0.4, -0.2) is 35.4 Å². The number of aliphatic carboxylic acids is 1. The average molecular weight is 253 g/mol. The number of phenolic OH excluding ortho intramolecular Hbond substituents is 1. The van der Waals surface area contributed by atoms with Crippen LogP contribution >= 0.6 is 0 Å². The number of hydrogen-bond donors (Lipinski definition) is 3. The Bertz CT molecular complexity index is 352. The summed E-state index contributed by atoms with van der Waals surface area (Å²) < 4.78 is 4.94. The van der Waals surface area contributed by atoms with Gasteiger partial charge in [0.2, 0.25) is 0 Å². The molecule has 5 nitrogen and oxygen atoms in total. The highest BCUT2D eigenvalue weighted by Crippen LogP contribution is 2.10. The Balaban J connectivity index is 0.000000269. The number of carbonyl (C=O) groups is 1. The van der Waals surface area contributed by atoms with Gasteiger partial charge in [0.15, 0.2) is 0 Å². The third kappa shape index (κ3) is 5.65. The van der Waals surface area contributed by atoms with Crippen molar-refractivity contribution in [2.45, 2.75) is 25.3 Å². The second-order valence-electron chi connectivity index (χ2n) is 4.13. The molecule has 0 spiro atoms. The smallest absolute Gasteiger partial charge is 0.320 e. The Morgan fingerprint density at radius 1 is 1.28 bits per heavy atom. The van der Waals surface area contributed by atoms with Gasteiger partial charge in [-0.3, -0.25) is 4.79 Å². The number of rotatable bonds is 3. The second kappa shape index (κ2) is 7.68. The third-order valence-electron chi connectivity index (χ3n) is 2.54. The Hall–Kier alpha value is -1.59. The summed E-state index contributed by atoms with van der Waals surface area (Å²) in [6.45, 7) is 2.00. The molecular weight excluding hydrogens is 234 g/mol. The van der Waals surface area contributed by atoms with E-state index in [2.05, 4.69) is 0 Å². The normalized spacial score (nSPS) is 15.6. The van der Waals surface area contributed by atoms with E-state index >= 15 is 0 Å². The van der Waals surface area contributed by atoms with E-state index < -0.39 is 12.0 Å². The SMILES string of the molecule is C1CCOC1.N[C@@H](Cc1ccc(O)cc1)C(=O)O. The van der Waals surface area contributed by atoms with Gasteiger partial charge in [0.1, 0.15) is 11.8 Å². The predicted octanol–water partition coefficient (Wildman–Crippen LogP) is 1.14. The van der Waals surface area contributed by atoms with Crippen LogP contribution in [0, 0.1) is 0 Å². The van der Waals surface area contributed by atoms with Crippen LogP contribution < -0.4 is 5.73 Å². The Morgan fingerprint density at radius 3 is 2.22 bits per heavy atom. The fourth-order valence-corrected chi connectivity index (χ4v) is 1.48. The Labute approximate surface area is 106 Å². The van der Waals surface area contributed by atoms with Crippen LogP contribution in [0.15, 0.2) is 24.3 Å². The summed E-state index contributed by atoms with van der Waals surface area (Å²) in [6, 6.07) is 5.42. The van der Waals surface area contributed by atoms with Crippen LogP contribution in [0.3, 0.4) is 0 Å². The van der Waals surface area contributed by atoms with Crippen molar-refractivity contribution < 1.29 is 19.7 Å². The summed E-state index contributed by atoms with van der Waals surface area (Å²) >= 11 is 0. The lowest BCUT2D eigenvalue weighted by Gasteiger charge is -2.05. The van der Waals surface area contributed by atoms with E-state index in [9.17, 15) is 4.79 Å². The zero-order chi connectivity index (χ0) is 13.4. The molecule has 1 aromatic rings. The molecule has 0 unspecified atom stereocenters. The van der Waals surface area contributed by atoms with Crippen molar-refractivity contribution in [1.29, 1.82) is 0 Å². The molecule has 1 heterocycles. The van der Waals surface area contributed by atoms with Gasteiger partial charge in [-0.2, -0.15) is 0 Å². The number of carboxylic acids is 1. The first-order chi connectivity index (χ1) is 8.59. The minimum absolute atomic E-state index is 0.160. The highest BCUT2D eigenvalue weighted by atomic mass is 16.5. The van der Waals surface area contributed by atoms with E-state index in [1.54, 1.807) is 12.1 Å². The number of nitrogens with two attached hydrogens (primary N) is 1. The Morgan fingerprint density at radius 2 is 1.83 bits per heavy atom. The molecule has 2 rings (SSSR count). The third-order valence-corrected chi connectivity index (χ3v) is 2.54. The van der Waals surface area contributed by atoms with Gasteiger partial charge in [-0.15, -0.1) is 0 Å². The highest BCUT2D eigenvalue weighted by molar-refractivity contribution is 5.73. The summed E-state index contributed by atoms with van der Waals surface area (Å²) in [7, 11) is 0. The summed E-state index contributed by atoms with van der Waals surface area (Å²) in [5, 5.41) is 17.5. The molecule has 1 saturated heterocycles. The molecule has 1 fully saturated rings. The molecule has 0 radical (unpaired) electrons. The number of carboxylic acid groups (broad SMARTS) is 1. The molecule has 1 aromatic carbocycles. The molecule has 4 N–H and O–H groups in total. The lowest BCUT2D eigenvalue weighted by atomic mass is 10.1. The number of aromatic hydroxyl groups is 1. The lowest BCUT2D eigenvalue weighted by Crippen LogP contribution is -2.32. The molecule has 5 heteroatoms. The molecule has 1 aliphatic rings. The van der Waals surface area contributed by atoms with Crippen molar-refractivity contribution >= 4 is 5.97 Å². The summed E-state index contributed by atoms with van der Waals surface area (Å²) in [5.41, 5.74) is 6.12. The molecule has 0 bridgehead atoms. The summed E-state index contributed by atoms with van der Waals surface area (Å²) in [4.78, 5) is 10.4. The number of hydrogen-bond acceptors (Lipinski definition) is 4. The first kappa shape index (κ1) is 14.5. The minimum Gasteiger partial charge on any atom is -0.508 e. The fourth-order valence-electron chi connectivity index (χ4n) is 1.48. The minimum atomic E-state index is -1.02. The van der Waals surface area contributed by atoms with Crippen LogP contribution in [-0.2, 0) is 16.0 Å². The van der Waals surface area contributed by atoms with Crippen molar-refractivity contribution in [1.82, 2.24) is 0 Å².